The number of aryl methyl sites for hydroxylation is 1. The fourth-order valence-electron chi connectivity index (χ4n) is 1.79. The first kappa shape index (κ1) is 11.4. The summed E-state index contributed by atoms with van der Waals surface area (Å²) in [5, 5.41) is 12.1. The van der Waals surface area contributed by atoms with E-state index in [0.717, 1.165) is 13.0 Å². The first-order chi connectivity index (χ1) is 7.83. The largest absolute Gasteiger partial charge is 0.305 e. The monoisotopic (exact) mass is 235 g/mol. The Kier molecular flexibility index (Phi) is 3.74. The van der Waals surface area contributed by atoms with E-state index in [1.165, 1.54) is 11.3 Å². The SMILES string of the molecule is CCCNC(c1ccsc1)c1ccnn1C. The van der Waals surface area contributed by atoms with Gasteiger partial charge in [-0.1, -0.05) is 6.92 Å². The van der Waals surface area contributed by atoms with Gasteiger partial charge in [0, 0.05) is 13.2 Å². The highest BCUT2D eigenvalue weighted by Gasteiger charge is 2.16. The molecule has 0 aliphatic heterocycles. The van der Waals surface area contributed by atoms with Gasteiger partial charge < -0.3 is 5.32 Å². The lowest BCUT2D eigenvalue weighted by molar-refractivity contribution is 0.555. The maximum Gasteiger partial charge on any atom is 0.0756 e. The molecule has 2 aromatic heterocycles. The number of nitrogens with one attached hydrogen (secondary N) is 1. The van der Waals surface area contributed by atoms with Crippen LogP contribution in [-0.2, 0) is 7.05 Å². The van der Waals surface area contributed by atoms with Crippen LogP contribution in [0.15, 0.2) is 29.1 Å². The predicted molar refractivity (Wildman–Crippen MR) is 67.7 cm³/mol. The van der Waals surface area contributed by atoms with Gasteiger partial charge in [0.2, 0.25) is 0 Å². The molecule has 0 spiro atoms. The van der Waals surface area contributed by atoms with E-state index in [9.17, 15) is 0 Å². The Labute approximate surface area is 100 Å². The molecule has 16 heavy (non-hydrogen) atoms. The first-order valence-electron chi connectivity index (χ1n) is 5.56. The van der Waals surface area contributed by atoms with Crippen molar-refractivity contribution in [1.29, 1.82) is 0 Å². The zero-order valence-electron chi connectivity index (χ0n) is 9.68. The summed E-state index contributed by atoms with van der Waals surface area (Å²) in [5.74, 6) is 0. The van der Waals surface area contributed by atoms with Crippen LogP contribution in [-0.4, -0.2) is 16.3 Å². The fourth-order valence-corrected chi connectivity index (χ4v) is 2.47. The van der Waals surface area contributed by atoms with Gasteiger partial charge in [0.25, 0.3) is 0 Å². The van der Waals surface area contributed by atoms with Crippen molar-refractivity contribution < 1.29 is 0 Å². The number of thiophene rings is 1. The standard InChI is InChI=1S/C12H17N3S/c1-3-6-13-12(10-5-8-16-9-10)11-4-7-14-15(11)2/h4-5,7-9,12-13H,3,6H2,1-2H3. The maximum atomic E-state index is 4.24. The minimum atomic E-state index is 0.263. The summed E-state index contributed by atoms with van der Waals surface area (Å²) in [4.78, 5) is 0. The molecule has 2 rings (SSSR count). The van der Waals surface area contributed by atoms with Gasteiger partial charge in [0.15, 0.2) is 0 Å². The topological polar surface area (TPSA) is 29.9 Å². The van der Waals surface area contributed by atoms with Gasteiger partial charge in [-0.05, 0) is 41.4 Å². The molecule has 1 unspecified atom stereocenters. The third kappa shape index (κ3) is 2.33. The Balaban J connectivity index is 2.25. The Hall–Kier alpha value is -1.13. The maximum absolute atomic E-state index is 4.24. The summed E-state index contributed by atoms with van der Waals surface area (Å²) >= 11 is 1.73. The van der Waals surface area contributed by atoms with Crippen LogP contribution in [0.2, 0.25) is 0 Å². The van der Waals surface area contributed by atoms with Crippen LogP contribution >= 0.6 is 11.3 Å². The number of hydrogen-bond donors (Lipinski definition) is 1. The van der Waals surface area contributed by atoms with Crippen LogP contribution in [0, 0.1) is 0 Å². The van der Waals surface area contributed by atoms with Crippen molar-refractivity contribution in [3.63, 3.8) is 0 Å². The number of nitrogens with zero attached hydrogens (tertiary/aromatic N) is 2. The molecule has 0 fully saturated rings. The van der Waals surface area contributed by atoms with Gasteiger partial charge >= 0.3 is 0 Å². The molecule has 2 aromatic rings. The molecule has 0 saturated carbocycles. The van der Waals surface area contributed by atoms with Gasteiger partial charge in [-0.3, -0.25) is 4.68 Å². The highest BCUT2D eigenvalue weighted by molar-refractivity contribution is 7.08. The summed E-state index contributed by atoms with van der Waals surface area (Å²) in [5.41, 5.74) is 2.54. The van der Waals surface area contributed by atoms with Crippen molar-refractivity contribution in [3.8, 4) is 0 Å². The van der Waals surface area contributed by atoms with Gasteiger partial charge in [0.05, 0.1) is 11.7 Å². The van der Waals surface area contributed by atoms with Crippen LogP contribution in [0.1, 0.15) is 30.6 Å². The molecular weight excluding hydrogens is 218 g/mol. The van der Waals surface area contributed by atoms with E-state index in [1.54, 1.807) is 11.3 Å². The smallest absolute Gasteiger partial charge is 0.0756 e. The van der Waals surface area contributed by atoms with Gasteiger partial charge in [-0.25, -0.2) is 0 Å². The van der Waals surface area contributed by atoms with Crippen molar-refractivity contribution in [2.75, 3.05) is 6.54 Å². The fraction of sp³-hybridized carbons (Fsp3) is 0.417. The van der Waals surface area contributed by atoms with Crippen LogP contribution in [0.4, 0.5) is 0 Å². The van der Waals surface area contributed by atoms with Crippen LogP contribution in [0.5, 0.6) is 0 Å². The molecular formula is C12H17N3S. The second-order valence-corrected chi connectivity index (χ2v) is 4.60. The molecule has 1 N–H and O–H groups in total. The number of aromatic nitrogens is 2. The number of rotatable bonds is 5. The predicted octanol–water partition coefficient (Wildman–Crippen LogP) is 2.57. The average molecular weight is 235 g/mol. The molecule has 2 heterocycles. The highest BCUT2D eigenvalue weighted by atomic mass is 32.1. The minimum Gasteiger partial charge on any atom is -0.305 e. The zero-order valence-corrected chi connectivity index (χ0v) is 10.5. The van der Waals surface area contributed by atoms with Gasteiger partial charge in [0.1, 0.15) is 0 Å². The second-order valence-electron chi connectivity index (χ2n) is 3.82. The highest BCUT2D eigenvalue weighted by Crippen LogP contribution is 2.23. The quantitative estimate of drug-likeness (QED) is 0.863. The van der Waals surface area contributed by atoms with E-state index in [0.29, 0.717) is 0 Å². The molecule has 0 bridgehead atoms. The van der Waals surface area contributed by atoms with Crippen molar-refractivity contribution in [3.05, 3.63) is 40.3 Å². The Morgan fingerprint density at radius 3 is 2.94 bits per heavy atom. The van der Waals surface area contributed by atoms with E-state index in [2.05, 4.69) is 40.2 Å². The van der Waals surface area contributed by atoms with E-state index in [1.807, 2.05) is 17.9 Å². The molecule has 3 nitrogen and oxygen atoms in total. The molecule has 86 valence electrons. The molecule has 1 atom stereocenters. The molecule has 0 saturated heterocycles. The lowest BCUT2D eigenvalue weighted by Gasteiger charge is -2.17. The van der Waals surface area contributed by atoms with E-state index in [4.69, 9.17) is 0 Å². The molecule has 4 heteroatoms. The van der Waals surface area contributed by atoms with Crippen LogP contribution in [0.25, 0.3) is 0 Å². The molecule has 0 amide bonds. The van der Waals surface area contributed by atoms with Crippen molar-refractivity contribution in [1.82, 2.24) is 15.1 Å². The summed E-state index contributed by atoms with van der Waals surface area (Å²) in [6.07, 6.45) is 2.99. The number of hydrogen-bond acceptors (Lipinski definition) is 3. The Morgan fingerprint density at radius 1 is 1.50 bits per heavy atom. The Morgan fingerprint density at radius 2 is 2.38 bits per heavy atom. The first-order valence-corrected chi connectivity index (χ1v) is 6.50. The van der Waals surface area contributed by atoms with Gasteiger partial charge in [-0.2, -0.15) is 16.4 Å². The Bertz CT molecular complexity index is 419. The van der Waals surface area contributed by atoms with E-state index < -0.39 is 0 Å². The summed E-state index contributed by atoms with van der Waals surface area (Å²) in [6, 6.07) is 4.51. The minimum absolute atomic E-state index is 0.263. The average Bonchev–Trinajstić information content (AvgIpc) is 2.91. The van der Waals surface area contributed by atoms with Crippen molar-refractivity contribution in [2.45, 2.75) is 19.4 Å². The molecule has 0 aliphatic rings. The third-order valence-corrected chi connectivity index (χ3v) is 3.33. The lowest BCUT2D eigenvalue weighted by atomic mass is 10.1. The van der Waals surface area contributed by atoms with Crippen molar-refractivity contribution >= 4 is 11.3 Å². The van der Waals surface area contributed by atoms with Crippen LogP contribution < -0.4 is 5.32 Å². The molecule has 0 radical (unpaired) electrons. The molecule has 0 aliphatic carbocycles. The summed E-state index contributed by atoms with van der Waals surface area (Å²) in [7, 11) is 1.99. The van der Waals surface area contributed by atoms with E-state index >= 15 is 0 Å². The van der Waals surface area contributed by atoms with Crippen LogP contribution in [0.3, 0.4) is 0 Å². The normalized spacial score (nSPS) is 12.9. The van der Waals surface area contributed by atoms with E-state index in [-0.39, 0.29) is 6.04 Å². The lowest BCUT2D eigenvalue weighted by Crippen LogP contribution is -2.24. The summed E-state index contributed by atoms with van der Waals surface area (Å²) in [6.45, 7) is 3.20. The van der Waals surface area contributed by atoms with Gasteiger partial charge in [-0.15, -0.1) is 0 Å². The van der Waals surface area contributed by atoms with Crippen molar-refractivity contribution in [2.24, 2.45) is 7.05 Å². The summed E-state index contributed by atoms with van der Waals surface area (Å²) < 4.78 is 1.94. The zero-order chi connectivity index (χ0) is 11.4. The third-order valence-electron chi connectivity index (χ3n) is 2.63. The molecule has 0 aromatic carbocycles. The second kappa shape index (κ2) is 5.27.